The number of phenols is 1. The maximum Gasteiger partial charge on any atom is 0.311 e. The highest BCUT2D eigenvalue weighted by Crippen LogP contribution is 2.25. The monoisotopic (exact) mass is 414 g/mol. The van der Waals surface area contributed by atoms with Crippen molar-refractivity contribution in [1.29, 1.82) is 0 Å². The number of carbonyl (C=O) groups is 2. The van der Waals surface area contributed by atoms with Gasteiger partial charge >= 0.3 is 5.69 Å². The quantitative estimate of drug-likeness (QED) is 0.262. The Kier molecular flexibility index (Phi) is 7.45. The second-order valence-corrected chi connectivity index (χ2v) is 6.68. The minimum absolute atomic E-state index is 0.295. The molecular formula is C20H22N4O6. The predicted molar refractivity (Wildman–Crippen MR) is 110 cm³/mol. The lowest BCUT2D eigenvalue weighted by atomic mass is 9.94. The summed E-state index contributed by atoms with van der Waals surface area (Å²) < 4.78 is 5.06. The zero-order valence-corrected chi connectivity index (χ0v) is 16.7. The van der Waals surface area contributed by atoms with Crippen molar-refractivity contribution in [2.75, 3.05) is 12.4 Å². The van der Waals surface area contributed by atoms with Gasteiger partial charge in [-0.15, -0.1) is 0 Å². The lowest BCUT2D eigenvalue weighted by Crippen LogP contribution is -2.39. The number of hydrazone groups is 1. The zero-order valence-electron chi connectivity index (χ0n) is 16.7. The van der Waals surface area contributed by atoms with Crippen LogP contribution in [0.2, 0.25) is 0 Å². The van der Waals surface area contributed by atoms with Crippen LogP contribution in [-0.4, -0.2) is 35.2 Å². The van der Waals surface area contributed by atoms with Crippen molar-refractivity contribution in [1.82, 2.24) is 5.43 Å². The molecule has 30 heavy (non-hydrogen) atoms. The van der Waals surface area contributed by atoms with Crippen molar-refractivity contribution in [3.63, 3.8) is 0 Å². The Labute approximate surface area is 172 Å². The van der Waals surface area contributed by atoms with E-state index in [1.807, 2.05) is 0 Å². The van der Waals surface area contributed by atoms with Crippen LogP contribution in [0, 0.1) is 22.0 Å². The highest BCUT2D eigenvalue weighted by molar-refractivity contribution is 6.06. The number of amides is 2. The molecule has 0 saturated carbocycles. The third-order valence-electron chi connectivity index (χ3n) is 4.17. The molecule has 2 amide bonds. The summed E-state index contributed by atoms with van der Waals surface area (Å²) in [5, 5.41) is 26.8. The highest BCUT2D eigenvalue weighted by atomic mass is 16.6. The standard InChI is InChI=1S/C20H22N4O6/c1-12(2)18(19(26)22-14-5-7-15(30-3)8-6-14)20(27)23-21-11-13-4-9-17(25)16(10-13)24(28)29/h4-12,18,25H,1-3H3,(H,22,26)(H,23,27). The molecule has 0 radical (unpaired) electrons. The fourth-order valence-corrected chi connectivity index (χ4v) is 2.63. The van der Waals surface area contributed by atoms with Crippen LogP contribution in [-0.2, 0) is 9.59 Å². The molecule has 1 unspecified atom stereocenters. The maximum atomic E-state index is 12.6. The predicted octanol–water partition coefficient (Wildman–Crippen LogP) is 2.67. The lowest BCUT2D eigenvalue weighted by Gasteiger charge is -2.18. The van der Waals surface area contributed by atoms with Gasteiger partial charge in [0, 0.05) is 17.3 Å². The summed E-state index contributed by atoms with van der Waals surface area (Å²) in [6.07, 6.45) is 1.18. The van der Waals surface area contributed by atoms with Crippen LogP contribution >= 0.6 is 0 Å². The van der Waals surface area contributed by atoms with E-state index in [1.165, 1.54) is 19.4 Å². The number of nitro benzene ring substituents is 1. The van der Waals surface area contributed by atoms with Gasteiger partial charge in [-0.1, -0.05) is 13.8 Å². The average molecular weight is 414 g/mol. The zero-order chi connectivity index (χ0) is 22.3. The summed E-state index contributed by atoms with van der Waals surface area (Å²) in [6.45, 7) is 3.45. The summed E-state index contributed by atoms with van der Waals surface area (Å²) in [6, 6.07) is 10.3. The van der Waals surface area contributed by atoms with E-state index >= 15 is 0 Å². The summed E-state index contributed by atoms with van der Waals surface area (Å²) in [7, 11) is 1.53. The van der Waals surface area contributed by atoms with E-state index in [9.17, 15) is 24.8 Å². The third kappa shape index (κ3) is 5.77. The second-order valence-electron chi connectivity index (χ2n) is 6.68. The van der Waals surface area contributed by atoms with Gasteiger partial charge in [0.05, 0.1) is 18.2 Å². The Balaban J connectivity index is 2.06. The number of hydrogen-bond donors (Lipinski definition) is 3. The van der Waals surface area contributed by atoms with E-state index in [0.29, 0.717) is 17.0 Å². The Morgan fingerprint density at radius 1 is 1.17 bits per heavy atom. The summed E-state index contributed by atoms with van der Waals surface area (Å²) in [5.41, 5.74) is 2.60. The molecule has 0 fully saturated rings. The molecule has 0 aliphatic heterocycles. The molecule has 0 spiro atoms. The Morgan fingerprint density at radius 3 is 2.40 bits per heavy atom. The van der Waals surface area contributed by atoms with Gasteiger partial charge in [-0.25, -0.2) is 5.43 Å². The molecule has 10 heteroatoms. The topological polar surface area (TPSA) is 143 Å². The van der Waals surface area contributed by atoms with Gasteiger partial charge in [0.1, 0.15) is 11.7 Å². The molecule has 0 aromatic heterocycles. The van der Waals surface area contributed by atoms with Crippen LogP contribution in [0.25, 0.3) is 0 Å². The number of anilines is 1. The normalized spacial score (nSPS) is 11.9. The molecule has 10 nitrogen and oxygen atoms in total. The first-order valence-electron chi connectivity index (χ1n) is 8.98. The number of hydrogen-bond acceptors (Lipinski definition) is 7. The van der Waals surface area contributed by atoms with Gasteiger partial charge in [0.25, 0.3) is 5.91 Å². The van der Waals surface area contributed by atoms with E-state index in [0.717, 1.165) is 12.1 Å². The minimum atomic E-state index is -1.02. The molecule has 0 saturated heterocycles. The van der Waals surface area contributed by atoms with Crippen LogP contribution in [0.1, 0.15) is 19.4 Å². The number of nitrogens with zero attached hydrogens (tertiary/aromatic N) is 2. The largest absolute Gasteiger partial charge is 0.502 e. The third-order valence-corrected chi connectivity index (χ3v) is 4.17. The first-order chi connectivity index (χ1) is 14.2. The first-order valence-corrected chi connectivity index (χ1v) is 8.98. The molecule has 2 rings (SSSR count). The molecular weight excluding hydrogens is 392 g/mol. The number of methoxy groups -OCH3 is 1. The highest BCUT2D eigenvalue weighted by Gasteiger charge is 2.30. The van der Waals surface area contributed by atoms with Crippen molar-refractivity contribution < 1.29 is 24.4 Å². The average Bonchev–Trinajstić information content (AvgIpc) is 2.69. The van der Waals surface area contributed by atoms with Crippen molar-refractivity contribution in [2.24, 2.45) is 16.9 Å². The molecule has 0 aliphatic carbocycles. The maximum absolute atomic E-state index is 12.6. The first kappa shape index (κ1) is 22.3. The Bertz CT molecular complexity index is 956. The van der Waals surface area contributed by atoms with Crippen molar-refractivity contribution in [3.8, 4) is 11.5 Å². The fourth-order valence-electron chi connectivity index (χ4n) is 2.63. The van der Waals surface area contributed by atoms with Crippen molar-refractivity contribution in [2.45, 2.75) is 13.8 Å². The van der Waals surface area contributed by atoms with E-state index in [4.69, 9.17) is 4.74 Å². The van der Waals surface area contributed by atoms with Crippen LogP contribution in [0.15, 0.2) is 47.6 Å². The number of carbonyl (C=O) groups excluding carboxylic acids is 2. The smallest absolute Gasteiger partial charge is 0.311 e. The minimum Gasteiger partial charge on any atom is -0.502 e. The van der Waals surface area contributed by atoms with Gasteiger partial charge < -0.3 is 15.2 Å². The summed E-state index contributed by atoms with van der Waals surface area (Å²) in [5.74, 6) is -2.29. The van der Waals surface area contributed by atoms with Crippen LogP contribution in [0.5, 0.6) is 11.5 Å². The van der Waals surface area contributed by atoms with Gasteiger partial charge in [-0.3, -0.25) is 19.7 Å². The number of nitrogens with one attached hydrogen (secondary N) is 2. The van der Waals surface area contributed by atoms with Gasteiger partial charge in [-0.2, -0.15) is 5.10 Å². The van der Waals surface area contributed by atoms with Crippen molar-refractivity contribution >= 4 is 29.4 Å². The Hall–Kier alpha value is -3.95. The number of benzene rings is 2. The number of ether oxygens (including phenoxy) is 1. The van der Waals surface area contributed by atoms with Gasteiger partial charge in [0.2, 0.25) is 5.91 Å². The number of nitro groups is 1. The Morgan fingerprint density at radius 2 is 1.83 bits per heavy atom. The van der Waals surface area contributed by atoms with E-state index < -0.39 is 34.1 Å². The van der Waals surface area contributed by atoms with Crippen molar-refractivity contribution in [3.05, 3.63) is 58.1 Å². The molecule has 0 bridgehead atoms. The van der Waals surface area contributed by atoms with Crippen LogP contribution in [0.4, 0.5) is 11.4 Å². The molecule has 0 heterocycles. The number of aromatic hydroxyl groups is 1. The molecule has 1 atom stereocenters. The number of phenolic OH excluding ortho intramolecular Hbond substituents is 1. The van der Waals surface area contributed by atoms with Crippen LogP contribution < -0.4 is 15.5 Å². The van der Waals surface area contributed by atoms with Gasteiger partial charge in [0.15, 0.2) is 5.75 Å². The molecule has 0 aliphatic rings. The van der Waals surface area contributed by atoms with E-state index in [2.05, 4.69) is 15.8 Å². The molecule has 2 aromatic carbocycles. The number of rotatable bonds is 8. The molecule has 3 N–H and O–H groups in total. The fraction of sp³-hybridized carbons (Fsp3) is 0.250. The molecule has 158 valence electrons. The van der Waals surface area contributed by atoms with Gasteiger partial charge in [-0.05, 0) is 42.3 Å². The second kappa shape index (κ2) is 10.0. The van der Waals surface area contributed by atoms with E-state index in [-0.39, 0.29) is 5.92 Å². The molecule has 2 aromatic rings. The summed E-state index contributed by atoms with van der Waals surface area (Å²) in [4.78, 5) is 35.2. The summed E-state index contributed by atoms with van der Waals surface area (Å²) >= 11 is 0. The van der Waals surface area contributed by atoms with E-state index in [1.54, 1.807) is 38.1 Å². The van der Waals surface area contributed by atoms with Crippen LogP contribution in [0.3, 0.4) is 0 Å². The SMILES string of the molecule is COc1ccc(NC(=O)C(C(=O)NN=Cc2ccc(O)c([N+](=O)[O-])c2)C(C)C)cc1. The lowest BCUT2D eigenvalue weighted by molar-refractivity contribution is -0.385.